The number of nitrogens with one attached hydrogen (secondary N) is 2. The van der Waals surface area contributed by atoms with Gasteiger partial charge in [0.05, 0.1) is 17.9 Å². The Labute approximate surface area is 88.5 Å². The molecule has 4 N–H and O–H groups in total. The Balaban J connectivity index is 2.07. The van der Waals surface area contributed by atoms with E-state index in [1.807, 2.05) is 25.1 Å². The number of nitrogens with two attached hydrogens (primary N) is 1. The van der Waals surface area contributed by atoms with Crippen LogP contribution >= 0.6 is 0 Å². The highest BCUT2D eigenvalue weighted by molar-refractivity contribution is 5.66. The van der Waals surface area contributed by atoms with Gasteiger partial charge in [-0.3, -0.25) is 0 Å². The first-order valence-electron chi connectivity index (χ1n) is 4.84. The third-order valence-corrected chi connectivity index (χ3v) is 2.21. The van der Waals surface area contributed by atoms with E-state index in [1.165, 1.54) is 5.56 Å². The first kappa shape index (κ1) is 9.58. The zero-order valence-corrected chi connectivity index (χ0v) is 8.62. The minimum Gasteiger partial charge on any atom is -0.397 e. The quantitative estimate of drug-likeness (QED) is 0.666. The third-order valence-electron chi connectivity index (χ3n) is 2.21. The molecule has 2 aromatic rings. The molecule has 1 heterocycles. The molecule has 0 radical (unpaired) electrons. The molecule has 0 saturated heterocycles. The van der Waals surface area contributed by atoms with Crippen molar-refractivity contribution in [3.05, 3.63) is 42.0 Å². The van der Waals surface area contributed by atoms with Crippen molar-refractivity contribution in [2.45, 2.75) is 13.5 Å². The van der Waals surface area contributed by atoms with Crippen LogP contribution in [0.5, 0.6) is 0 Å². The molecule has 0 amide bonds. The molecular formula is C11H14N4. The summed E-state index contributed by atoms with van der Waals surface area (Å²) in [4.78, 5) is 7.15. The summed E-state index contributed by atoms with van der Waals surface area (Å²) in [6, 6.07) is 5.92. The summed E-state index contributed by atoms with van der Waals surface area (Å²) in [6.07, 6.45) is 3.53. The SMILES string of the molecule is Cc1ccc(N)c(NCc2ncc[nH]2)c1. The maximum atomic E-state index is 5.84. The van der Waals surface area contributed by atoms with E-state index in [9.17, 15) is 0 Å². The van der Waals surface area contributed by atoms with Crippen molar-refractivity contribution in [1.82, 2.24) is 9.97 Å². The molecule has 0 unspecified atom stereocenters. The number of benzene rings is 1. The van der Waals surface area contributed by atoms with Crippen LogP contribution in [0.25, 0.3) is 0 Å². The van der Waals surface area contributed by atoms with Gasteiger partial charge in [0.15, 0.2) is 0 Å². The number of hydrogen-bond acceptors (Lipinski definition) is 3. The highest BCUT2D eigenvalue weighted by Gasteiger charge is 1.99. The monoisotopic (exact) mass is 202 g/mol. The predicted octanol–water partition coefficient (Wildman–Crippen LogP) is 1.91. The van der Waals surface area contributed by atoms with Gasteiger partial charge in [0.2, 0.25) is 0 Å². The average molecular weight is 202 g/mol. The Bertz CT molecular complexity index is 434. The summed E-state index contributed by atoms with van der Waals surface area (Å²) >= 11 is 0. The number of imidazole rings is 1. The van der Waals surface area contributed by atoms with Crippen molar-refractivity contribution in [2.24, 2.45) is 0 Å². The van der Waals surface area contributed by atoms with Gasteiger partial charge in [0, 0.05) is 12.4 Å². The molecular weight excluding hydrogens is 188 g/mol. The fourth-order valence-electron chi connectivity index (χ4n) is 1.40. The maximum absolute atomic E-state index is 5.84. The zero-order valence-electron chi connectivity index (χ0n) is 8.62. The number of hydrogen-bond donors (Lipinski definition) is 3. The van der Waals surface area contributed by atoms with Crippen LogP contribution in [-0.2, 0) is 6.54 Å². The highest BCUT2D eigenvalue weighted by Crippen LogP contribution is 2.19. The number of nitrogens with zero attached hydrogens (tertiary/aromatic N) is 1. The normalized spacial score (nSPS) is 10.2. The van der Waals surface area contributed by atoms with Gasteiger partial charge in [-0.25, -0.2) is 4.98 Å². The van der Waals surface area contributed by atoms with E-state index in [0.29, 0.717) is 6.54 Å². The van der Waals surface area contributed by atoms with Crippen LogP contribution in [0.1, 0.15) is 11.4 Å². The second-order valence-electron chi connectivity index (χ2n) is 3.48. The molecule has 0 aliphatic carbocycles. The third kappa shape index (κ3) is 2.28. The number of aromatic amines is 1. The van der Waals surface area contributed by atoms with Gasteiger partial charge < -0.3 is 16.0 Å². The molecule has 0 spiro atoms. The molecule has 15 heavy (non-hydrogen) atoms. The Morgan fingerprint density at radius 1 is 1.47 bits per heavy atom. The largest absolute Gasteiger partial charge is 0.397 e. The lowest BCUT2D eigenvalue weighted by Gasteiger charge is -2.08. The lowest BCUT2D eigenvalue weighted by atomic mass is 10.2. The van der Waals surface area contributed by atoms with Gasteiger partial charge in [-0.05, 0) is 24.6 Å². The summed E-state index contributed by atoms with van der Waals surface area (Å²) in [5.74, 6) is 0.899. The predicted molar refractivity (Wildman–Crippen MR) is 61.5 cm³/mol. The summed E-state index contributed by atoms with van der Waals surface area (Å²) in [5, 5.41) is 3.24. The number of anilines is 2. The van der Waals surface area contributed by atoms with Crippen molar-refractivity contribution in [3.8, 4) is 0 Å². The lowest BCUT2D eigenvalue weighted by Crippen LogP contribution is -2.03. The van der Waals surface area contributed by atoms with Crippen molar-refractivity contribution >= 4 is 11.4 Å². The number of aromatic nitrogens is 2. The molecule has 0 aliphatic heterocycles. The van der Waals surface area contributed by atoms with Crippen LogP contribution in [0.3, 0.4) is 0 Å². The van der Waals surface area contributed by atoms with Crippen molar-refractivity contribution in [2.75, 3.05) is 11.1 Å². The average Bonchev–Trinajstić information content (AvgIpc) is 2.72. The second-order valence-corrected chi connectivity index (χ2v) is 3.48. The van der Waals surface area contributed by atoms with E-state index in [1.54, 1.807) is 12.4 Å². The van der Waals surface area contributed by atoms with E-state index in [2.05, 4.69) is 15.3 Å². The van der Waals surface area contributed by atoms with Gasteiger partial charge in [0.1, 0.15) is 5.82 Å². The number of H-pyrrole nitrogens is 1. The maximum Gasteiger partial charge on any atom is 0.125 e. The van der Waals surface area contributed by atoms with Gasteiger partial charge in [-0.1, -0.05) is 6.07 Å². The minimum atomic E-state index is 0.653. The molecule has 0 saturated carbocycles. The van der Waals surface area contributed by atoms with Crippen LogP contribution in [0.2, 0.25) is 0 Å². The lowest BCUT2D eigenvalue weighted by molar-refractivity contribution is 1.00. The van der Waals surface area contributed by atoms with E-state index in [0.717, 1.165) is 17.2 Å². The molecule has 4 heteroatoms. The Kier molecular flexibility index (Phi) is 2.58. The molecule has 1 aromatic carbocycles. The number of nitrogen functional groups attached to an aromatic ring is 1. The number of aryl methyl sites for hydroxylation is 1. The second kappa shape index (κ2) is 4.04. The molecule has 78 valence electrons. The Morgan fingerprint density at radius 3 is 3.07 bits per heavy atom. The first-order valence-corrected chi connectivity index (χ1v) is 4.84. The van der Waals surface area contributed by atoms with Gasteiger partial charge in [-0.2, -0.15) is 0 Å². The Morgan fingerprint density at radius 2 is 2.33 bits per heavy atom. The molecule has 0 aliphatic rings. The zero-order chi connectivity index (χ0) is 10.7. The van der Waals surface area contributed by atoms with Crippen molar-refractivity contribution < 1.29 is 0 Å². The van der Waals surface area contributed by atoms with Gasteiger partial charge in [-0.15, -0.1) is 0 Å². The fraction of sp³-hybridized carbons (Fsp3) is 0.182. The van der Waals surface area contributed by atoms with E-state index in [-0.39, 0.29) is 0 Å². The van der Waals surface area contributed by atoms with Crippen LogP contribution in [0.4, 0.5) is 11.4 Å². The van der Waals surface area contributed by atoms with Crippen LogP contribution < -0.4 is 11.1 Å². The standard InChI is InChI=1S/C11H14N4/c1-8-2-3-9(12)10(6-8)15-7-11-13-4-5-14-11/h2-6,15H,7,12H2,1H3,(H,13,14). The molecule has 4 nitrogen and oxygen atoms in total. The van der Waals surface area contributed by atoms with Crippen molar-refractivity contribution in [3.63, 3.8) is 0 Å². The summed E-state index contributed by atoms with van der Waals surface area (Å²) < 4.78 is 0. The molecule has 0 bridgehead atoms. The smallest absolute Gasteiger partial charge is 0.125 e. The first-order chi connectivity index (χ1) is 7.25. The highest BCUT2D eigenvalue weighted by atomic mass is 15.0. The minimum absolute atomic E-state index is 0.653. The molecule has 0 atom stereocenters. The molecule has 2 rings (SSSR count). The van der Waals surface area contributed by atoms with Crippen molar-refractivity contribution in [1.29, 1.82) is 0 Å². The van der Waals surface area contributed by atoms with Crippen LogP contribution in [-0.4, -0.2) is 9.97 Å². The van der Waals surface area contributed by atoms with Gasteiger partial charge >= 0.3 is 0 Å². The summed E-state index contributed by atoms with van der Waals surface area (Å²) in [7, 11) is 0. The molecule has 0 fully saturated rings. The van der Waals surface area contributed by atoms with Gasteiger partial charge in [0.25, 0.3) is 0 Å². The van der Waals surface area contributed by atoms with Crippen LogP contribution in [0, 0.1) is 6.92 Å². The Hall–Kier alpha value is -1.97. The topological polar surface area (TPSA) is 66.7 Å². The summed E-state index contributed by atoms with van der Waals surface area (Å²) in [5.41, 5.74) is 8.73. The summed E-state index contributed by atoms with van der Waals surface area (Å²) in [6.45, 7) is 2.69. The number of rotatable bonds is 3. The van der Waals surface area contributed by atoms with E-state index >= 15 is 0 Å². The van der Waals surface area contributed by atoms with Crippen LogP contribution in [0.15, 0.2) is 30.6 Å². The van der Waals surface area contributed by atoms with E-state index in [4.69, 9.17) is 5.73 Å². The molecule has 1 aromatic heterocycles. The van der Waals surface area contributed by atoms with E-state index < -0.39 is 0 Å². The fourth-order valence-corrected chi connectivity index (χ4v) is 1.40.